The molecule has 8 nitrogen and oxygen atoms in total. The number of carbonyl (C=O) groups is 1. The number of hydrogen-bond donors (Lipinski definition) is 2. The fourth-order valence-electron chi connectivity index (χ4n) is 4.95. The topological polar surface area (TPSA) is 88.0 Å². The smallest absolute Gasteiger partial charge is 0.254 e. The van der Waals surface area contributed by atoms with Crippen LogP contribution in [0, 0.1) is 6.92 Å². The molecule has 5 rings (SSSR count). The standard InChI is InChI=1S/C29H33N7O/c1-20(2)36-21(3)31-19-27(36)26-15-16-30-29(34-26)33-24-13-11-22(12-14-24)28(37)35-17-7-10-25(35)18-32-23-8-5-4-6-9-23/h4-6,8-9,11-16,19-20,25,32H,7,10,17-18H2,1-3H3,(H,30,33,34)/t25-/m0/s1. The molecule has 0 saturated carbocycles. The van der Waals surface area contributed by atoms with Crippen LogP contribution in [-0.4, -0.2) is 49.5 Å². The molecule has 1 amide bonds. The number of aromatic nitrogens is 4. The molecule has 1 aliphatic rings. The predicted octanol–water partition coefficient (Wildman–Crippen LogP) is 5.69. The number of imidazole rings is 1. The fraction of sp³-hybridized carbons (Fsp3) is 0.310. The van der Waals surface area contributed by atoms with E-state index in [4.69, 9.17) is 4.98 Å². The molecule has 4 aromatic rings. The Kier molecular flexibility index (Phi) is 7.16. The summed E-state index contributed by atoms with van der Waals surface area (Å²) in [6.45, 7) is 7.79. The molecule has 3 heterocycles. The summed E-state index contributed by atoms with van der Waals surface area (Å²) in [5.74, 6) is 1.52. The van der Waals surface area contributed by atoms with Crippen molar-refractivity contribution < 1.29 is 4.79 Å². The van der Waals surface area contributed by atoms with Gasteiger partial charge in [0.05, 0.1) is 17.6 Å². The number of anilines is 3. The first kappa shape index (κ1) is 24.5. The first-order chi connectivity index (χ1) is 18.0. The summed E-state index contributed by atoms with van der Waals surface area (Å²) in [7, 11) is 0. The van der Waals surface area contributed by atoms with Crippen LogP contribution >= 0.6 is 0 Å². The zero-order chi connectivity index (χ0) is 25.8. The Balaban J connectivity index is 1.25. The number of amides is 1. The van der Waals surface area contributed by atoms with Crippen molar-refractivity contribution in [1.82, 2.24) is 24.4 Å². The number of para-hydroxylation sites is 1. The molecule has 8 heteroatoms. The molecule has 2 aromatic carbocycles. The van der Waals surface area contributed by atoms with Crippen molar-refractivity contribution in [1.29, 1.82) is 0 Å². The first-order valence-corrected chi connectivity index (χ1v) is 12.8. The lowest BCUT2D eigenvalue weighted by molar-refractivity contribution is 0.0744. The zero-order valence-corrected chi connectivity index (χ0v) is 21.6. The fourth-order valence-corrected chi connectivity index (χ4v) is 4.95. The maximum atomic E-state index is 13.3. The number of hydrogen-bond acceptors (Lipinski definition) is 6. The Hall–Kier alpha value is -4.20. The molecule has 0 radical (unpaired) electrons. The molecule has 1 saturated heterocycles. The van der Waals surface area contributed by atoms with Gasteiger partial charge in [-0.25, -0.2) is 15.0 Å². The number of aryl methyl sites for hydroxylation is 1. The van der Waals surface area contributed by atoms with Gasteiger partial charge < -0.3 is 20.1 Å². The molecular formula is C29H33N7O. The minimum Gasteiger partial charge on any atom is -0.383 e. The second-order valence-corrected chi connectivity index (χ2v) is 9.66. The van der Waals surface area contributed by atoms with E-state index in [0.717, 1.165) is 54.5 Å². The van der Waals surface area contributed by atoms with E-state index in [1.807, 2.05) is 78.7 Å². The van der Waals surface area contributed by atoms with E-state index in [0.29, 0.717) is 11.5 Å². The largest absolute Gasteiger partial charge is 0.383 e. The summed E-state index contributed by atoms with van der Waals surface area (Å²) in [5.41, 5.74) is 4.35. The highest BCUT2D eigenvalue weighted by atomic mass is 16.2. The average Bonchev–Trinajstić information content (AvgIpc) is 3.55. The van der Waals surface area contributed by atoms with Crippen LogP contribution in [0.25, 0.3) is 11.4 Å². The molecule has 1 atom stereocenters. The minimum absolute atomic E-state index is 0.0690. The second kappa shape index (κ2) is 10.8. The second-order valence-electron chi connectivity index (χ2n) is 9.66. The van der Waals surface area contributed by atoms with E-state index in [9.17, 15) is 4.79 Å². The van der Waals surface area contributed by atoms with Gasteiger partial charge in [0, 0.05) is 48.3 Å². The lowest BCUT2D eigenvalue weighted by Crippen LogP contribution is -2.39. The van der Waals surface area contributed by atoms with Crippen molar-refractivity contribution >= 4 is 23.2 Å². The van der Waals surface area contributed by atoms with Gasteiger partial charge in [-0.1, -0.05) is 18.2 Å². The molecule has 0 bridgehead atoms. The quantitative estimate of drug-likeness (QED) is 0.327. The summed E-state index contributed by atoms with van der Waals surface area (Å²) in [5, 5.41) is 6.73. The maximum Gasteiger partial charge on any atom is 0.254 e. The average molecular weight is 496 g/mol. The van der Waals surface area contributed by atoms with Crippen molar-refractivity contribution in [2.45, 2.75) is 45.7 Å². The third-order valence-corrected chi connectivity index (χ3v) is 6.76. The maximum absolute atomic E-state index is 13.3. The minimum atomic E-state index is 0.0690. The Morgan fingerprint density at radius 1 is 1.03 bits per heavy atom. The highest BCUT2D eigenvalue weighted by molar-refractivity contribution is 5.95. The first-order valence-electron chi connectivity index (χ1n) is 12.8. The Labute approximate surface area is 217 Å². The Morgan fingerprint density at radius 3 is 2.57 bits per heavy atom. The van der Waals surface area contributed by atoms with Crippen LogP contribution in [-0.2, 0) is 0 Å². The molecule has 190 valence electrons. The van der Waals surface area contributed by atoms with E-state index >= 15 is 0 Å². The third-order valence-electron chi connectivity index (χ3n) is 6.76. The normalized spacial score (nSPS) is 15.2. The van der Waals surface area contributed by atoms with Gasteiger partial charge in [0.1, 0.15) is 5.82 Å². The predicted molar refractivity (Wildman–Crippen MR) is 147 cm³/mol. The van der Waals surface area contributed by atoms with Crippen LogP contribution in [0.5, 0.6) is 0 Å². The molecule has 0 aliphatic carbocycles. The summed E-state index contributed by atoms with van der Waals surface area (Å²) < 4.78 is 2.16. The van der Waals surface area contributed by atoms with Crippen molar-refractivity contribution in [2.75, 3.05) is 23.7 Å². The van der Waals surface area contributed by atoms with Crippen LogP contribution < -0.4 is 10.6 Å². The number of nitrogens with zero attached hydrogens (tertiary/aromatic N) is 5. The number of nitrogens with one attached hydrogen (secondary N) is 2. The highest BCUT2D eigenvalue weighted by Gasteiger charge is 2.29. The Morgan fingerprint density at radius 2 is 1.81 bits per heavy atom. The van der Waals surface area contributed by atoms with Gasteiger partial charge in [0.2, 0.25) is 5.95 Å². The van der Waals surface area contributed by atoms with Gasteiger partial charge in [-0.15, -0.1) is 0 Å². The monoisotopic (exact) mass is 495 g/mol. The van der Waals surface area contributed by atoms with Crippen LogP contribution in [0.1, 0.15) is 48.9 Å². The van der Waals surface area contributed by atoms with Crippen LogP contribution in [0.3, 0.4) is 0 Å². The van der Waals surface area contributed by atoms with Crippen LogP contribution in [0.4, 0.5) is 17.3 Å². The Bertz CT molecular complexity index is 1350. The van der Waals surface area contributed by atoms with E-state index in [1.54, 1.807) is 6.20 Å². The van der Waals surface area contributed by atoms with Gasteiger partial charge in [-0.2, -0.15) is 0 Å². The van der Waals surface area contributed by atoms with Gasteiger partial charge >= 0.3 is 0 Å². The molecule has 0 unspecified atom stereocenters. The van der Waals surface area contributed by atoms with E-state index < -0.39 is 0 Å². The molecule has 2 N–H and O–H groups in total. The van der Waals surface area contributed by atoms with Crippen LogP contribution in [0.2, 0.25) is 0 Å². The van der Waals surface area contributed by atoms with Crippen molar-refractivity contribution in [3.05, 3.63) is 84.4 Å². The van der Waals surface area contributed by atoms with Crippen LogP contribution in [0.15, 0.2) is 73.1 Å². The van der Waals surface area contributed by atoms with Crippen molar-refractivity contribution in [3.63, 3.8) is 0 Å². The highest BCUT2D eigenvalue weighted by Crippen LogP contribution is 2.25. The molecule has 0 spiro atoms. The van der Waals surface area contributed by atoms with Gasteiger partial charge in [0.15, 0.2) is 0 Å². The van der Waals surface area contributed by atoms with E-state index in [-0.39, 0.29) is 18.0 Å². The number of rotatable bonds is 8. The van der Waals surface area contributed by atoms with Gasteiger partial charge in [0.25, 0.3) is 5.91 Å². The summed E-state index contributed by atoms with van der Waals surface area (Å²) in [6, 6.07) is 20.0. The lowest BCUT2D eigenvalue weighted by Gasteiger charge is -2.25. The zero-order valence-electron chi connectivity index (χ0n) is 21.6. The van der Waals surface area contributed by atoms with Crippen molar-refractivity contribution in [3.8, 4) is 11.4 Å². The number of carbonyl (C=O) groups excluding carboxylic acids is 1. The van der Waals surface area contributed by atoms with Gasteiger partial charge in [-0.3, -0.25) is 4.79 Å². The molecule has 2 aromatic heterocycles. The SMILES string of the molecule is Cc1ncc(-c2ccnc(Nc3ccc(C(=O)N4CCC[C@H]4CNc4ccccc4)cc3)n2)n1C(C)C. The molecule has 1 aliphatic heterocycles. The summed E-state index contributed by atoms with van der Waals surface area (Å²) >= 11 is 0. The lowest BCUT2D eigenvalue weighted by atomic mass is 10.1. The van der Waals surface area contributed by atoms with Gasteiger partial charge in [-0.05, 0) is 76.1 Å². The number of likely N-dealkylation sites (tertiary alicyclic amines) is 1. The number of benzene rings is 2. The van der Waals surface area contributed by atoms with E-state index in [1.165, 1.54) is 0 Å². The molecule has 1 fully saturated rings. The summed E-state index contributed by atoms with van der Waals surface area (Å²) in [4.78, 5) is 28.8. The van der Waals surface area contributed by atoms with E-state index in [2.05, 4.69) is 39.0 Å². The summed E-state index contributed by atoms with van der Waals surface area (Å²) in [6.07, 6.45) is 5.62. The third kappa shape index (κ3) is 5.48. The molecular weight excluding hydrogens is 462 g/mol. The van der Waals surface area contributed by atoms with Crippen molar-refractivity contribution in [2.24, 2.45) is 0 Å². The molecule has 37 heavy (non-hydrogen) atoms.